The van der Waals surface area contributed by atoms with Crippen molar-refractivity contribution in [3.8, 4) is 11.3 Å². The zero-order valence-corrected chi connectivity index (χ0v) is 12.8. The highest BCUT2D eigenvalue weighted by atomic mass is 16.5. The molecular formula is C18H18N4O. The van der Waals surface area contributed by atoms with Gasteiger partial charge in [-0.15, -0.1) is 0 Å². The highest BCUT2D eigenvalue weighted by molar-refractivity contribution is 5.84. The van der Waals surface area contributed by atoms with E-state index in [4.69, 9.17) is 4.74 Å². The molecule has 1 aliphatic heterocycles. The number of aromatic nitrogens is 3. The minimum atomic E-state index is 0.431. The molecule has 3 aromatic rings. The standard InChI is InChI=1S/C18H18N4O/c1-5-19-11-15-9-17(21-12-14(1)15)13-2-6-20-18(10-13)22-16-3-7-23-8-4-16/h1-2,5-6,9-12,16H,3-4,7-8H2,(H,20,22). The van der Waals surface area contributed by atoms with Gasteiger partial charge < -0.3 is 10.1 Å². The van der Waals surface area contributed by atoms with Crippen molar-refractivity contribution < 1.29 is 4.74 Å². The van der Waals surface area contributed by atoms with E-state index in [9.17, 15) is 0 Å². The number of fused-ring (bicyclic) bond motifs is 1. The maximum absolute atomic E-state index is 5.40. The molecule has 5 nitrogen and oxygen atoms in total. The van der Waals surface area contributed by atoms with Gasteiger partial charge in [0, 0.05) is 60.4 Å². The quantitative estimate of drug-likeness (QED) is 0.804. The summed E-state index contributed by atoms with van der Waals surface area (Å²) in [5, 5.41) is 5.68. The summed E-state index contributed by atoms with van der Waals surface area (Å²) in [6.45, 7) is 1.63. The second kappa shape index (κ2) is 6.30. The SMILES string of the molecule is c1cc2cnc(-c3ccnc(NC4CCOCC4)c3)cc2cn1. The number of ether oxygens (including phenoxy) is 1. The largest absolute Gasteiger partial charge is 0.381 e. The van der Waals surface area contributed by atoms with Gasteiger partial charge in [0.15, 0.2) is 0 Å². The number of hydrogen-bond acceptors (Lipinski definition) is 5. The van der Waals surface area contributed by atoms with Crippen LogP contribution in [-0.2, 0) is 4.74 Å². The second-order valence-corrected chi connectivity index (χ2v) is 5.75. The summed E-state index contributed by atoms with van der Waals surface area (Å²) in [4.78, 5) is 13.2. The second-order valence-electron chi connectivity index (χ2n) is 5.75. The third-order valence-electron chi connectivity index (χ3n) is 4.15. The number of anilines is 1. The number of nitrogens with zero attached hydrogens (tertiary/aromatic N) is 3. The summed E-state index contributed by atoms with van der Waals surface area (Å²) in [6.07, 6.45) is 9.40. The molecule has 23 heavy (non-hydrogen) atoms. The van der Waals surface area contributed by atoms with Gasteiger partial charge in [-0.05, 0) is 37.1 Å². The first-order valence-corrected chi connectivity index (χ1v) is 7.89. The molecular weight excluding hydrogens is 288 g/mol. The van der Waals surface area contributed by atoms with E-state index in [1.165, 1.54) is 0 Å². The van der Waals surface area contributed by atoms with Gasteiger partial charge >= 0.3 is 0 Å². The fourth-order valence-corrected chi connectivity index (χ4v) is 2.86. The average Bonchev–Trinajstić information content (AvgIpc) is 2.62. The highest BCUT2D eigenvalue weighted by Crippen LogP contribution is 2.23. The first-order valence-electron chi connectivity index (χ1n) is 7.89. The molecule has 1 saturated heterocycles. The molecule has 0 saturated carbocycles. The van der Waals surface area contributed by atoms with Gasteiger partial charge in [-0.25, -0.2) is 4.98 Å². The molecule has 0 radical (unpaired) electrons. The van der Waals surface area contributed by atoms with Crippen molar-refractivity contribution in [1.29, 1.82) is 0 Å². The molecule has 0 bridgehead atoms. The lowest BCUT2D eigenvalue weighted by molar-refractivity contribution is 0.0904. The van der Waals surface area contributed by atoms with Crippen molar-refractivity contribution in [2.75, 3.05) is 18.5 Å². The van der Waals surface area contributed by atoms with Crippen molar-refractivity contribution in [1.82, 2.24) is 15.0 Å². The van der Waals surface area contributed by atoms with Gasteiger partial charge in [-0.2, -0.15) is 0 Å². The molecule has 4 heterocycles. The number of rotatable bonds is 3. The fraction of sp³-hybridized carbons (Fsp3) is 0.278. The van der Waals surface area contributed by atoms with Crippen LogP contribution in [0.4, 0.5) is 5.82 Å². The van der Waals surface area contributed by atoms with Crippen LogP contribution in [0, 0.1) is 0 Å². The van der Waals surface area contributed by atoms with Crippen molar-refractivity contribution in [2.24, 2.45) is 0 Å². The minimum absolute atomic E-state index is 0.431. The summed E-state index contributed by atoms with van der Waals surface area (Å²) < 4.78 is 5.40. The highest BCUT2D eigenvalue weighted by Gasteiger charge is 2.14. The Kier molecular flexibility index (Phi) is 3.86. The maximum Gasteiger partial charge on any atom is 0.126 e. The third kappa shape index (κ3) is 3.14. The molecule has 0 atom stereocenters. The van der Waals surface area contributed by atoms with Gasteiger partial charge in [0.25, 0.3) is 0 Å². The molecule has 5 heteroatoms. The molecule has 1 aliphatic rings. The van der Waals surface area contributed by atoms with Crippen molar-refractivity contribution in [3.05, 3.63) is 49.1 Å². The number of pyridine rings is 3. The van der Waals surface area contributed by atoms with Crippen LogP contribution < -0.4 is 5.32 Å². The van der Waals surface area contributed by atoms with Crippen LogP contribution >= 0.6 is 0 Å². The number of nitrogens with one attached hydrogen (secondary N) is 1. The summed E-state index contributed by atoms with van der Waals surface area (Å²) in [5.74, 6) is 0.891. The van der Waals surface area contributed by atoms with Gasteiger partial charge in [0.1, 0.15) is 5.82 Å². The molecule has 0 amide bonds. The first-order chi connectivity index (χ1) is 11.4. The summed E-state index contributed by atoms with van der Waals surface area (Å²) in [5.41, 5.74) is 1.99. The molecule has 1 fully saturated rings. The van der Waals surface area contributed by atoms with E-state index >= 15 is 0 Å². The van der Waals surface area contributed by atoms with E-state index in [-0.39, 0.29) is 0 Å². The maximum atomic E-state index is 5.40. The van der Waals surface area contributed by atoms with Crippen molar-refractivity contribution >= 4 is 16.6 Å². The van der Waals surface area contributed by atoms with E-state index in [0.29, 0.717) is 6.04 Å². The molecule has 0 spiro atoms. The lowest BCUT2D eigenvalue weighted by Crippen LogP contribution is -2.28. The molecule has 116 valence electrons. The minimum Gasteiger partial charge on any atom is -0.381 e. The topological polar surface area (TPSA) is 59.9 Å². The molecule has 0 unspecified atom stereocenters. The van der Waals surface area contributed by atoms with Gasteiger partial charge in [0.05, 0.1) is 5.69 Å². The van der Waals surface area contributed by atoms with E-state index in [0.717, 1.165) is 53.9 Å². The Balaban J connectivity index is 1.61. The smallest absolute Gasteiger partial charge is 0.126 e. The Hall–Kier alpha value is -2.53. The molecule has 0 aromatic carbocycles. The van der Waals surface area contributed by atoms with Crippen LogP contribution in [0.5, 0.6) is 0 Å². The predicted octanol–water partition coefficient (Wildman–Crippen LogP) is 3.28. The van der Waals surface area contributed by atoms with Crippen molar-refractivity contribution in [3.63, 3.8) is 0 Å². The lowest BCUT2D eigenvalue weighted by atomic mass is 10.1. The number of hydrogen-bond donors (Lipinski definition) is 1. The summed E-state index contributed by atoms with van der Waals surface area (Å²) >= 11 is 0. The Morgan fingerprint density at radius 2 is 1.87 bits per heavy atom. The monoisotopic (exact) mass is 306 g/mol. The Morgan fingerprint density at radius 3 is 2.78 bits per heavy atom. The van der Waals surface area contributed by atoms with Gasteiger partial charge in [-0.1, -0.05) is 0 Å². The summed E-state index contributed by atoms with van der Waals surface area (Å²) in [6, 6.07) is 8.51. The van der Waals surface area contributed by atoms with E-state index in [2.05, 4.69) is 32.4 Å². The average molecular weight is 306 g/mol. The van der Waals surface area contributed by atoms with Crippen LogP contribution in [0.1, 0.15) is 12.8 Å². The molecule has 4 rings (SSSR count). The lowest BCUT2D eigenvalue weighted by Gasteiger charge is -2.23. The fourth-order valence-electron chi connectivity index (χ4n) is 2.86. The van der Waals surface area contributed by atoms with Crippen LogP contribution in [0.15, 0.2) is 49.1 Å². The van der Waals surface area contributed by atoms with Crippen molar-refractivity contribution in [2.45, 2.75) is 18.9 Å². The summed E-state index contributed by atoms with van der Waals surface area (Å²) in [7, 11) is 0. The van der Waals surface area contributed by atoms with E-state index < -0.39 is 0 Å². The van der Waals surface area contributed by atoms with E-state index in [1.54, 1.807) is 6.20 Å². The van der Waals surface area contributed by atoms with Crippen LogP contribution in [0.2, 0.25) is 0 Å². The zero-order chi connectivity index (χ0) is 15.5. The normalized spacial score (nSPS) is 15.7. The molecule has 3 aromatic heterocycles. The van der Waals surface area contributed by atoms with Crippen LogP contribution in [0.25, 0.3) is 22.0 Å². The zero-order valence-electron chi connectivity index (χ0n) is 12.8. The Morgan fingerprint density at radius 1 is 0.957 bits per heavy atom. The predicted molar refractivity (Wildman–Crippen MR) is 90.2 cm³/mol. The Bertz CT molecular complexity index is 815. The first kappa shape index (κ1) is 14.1. The molecule has 1 N–H and O–H groups in total. The Labute approximate surface area is 134 Å². The van der Waals surface area contributed by atoms with E-state index in [1.807, 2.05) is 30.7 Å². The van der Waals surface area contributed by atoms with Crippen LogP contribution in [0.3, 0.4) is 0 Å². The van der Waals surface area contributed by atoms with Crippen LogP contribution in [-0.4, -0.2) is 34.2 Å². The third-order valence-corrected chi connectivity index (χ3v) is 4.15. The van der Waals surface area contributed by atoms with Gasteiger partial charge in [0.2, 0.25) is 0 Å². The van der Waals surface area contributed by atoms with Gasteiger partial charge in [-0.3, -0.25) is 9.97 Å². The molecule has 0 aliphatic carbocycles.